The van der Waals surface area contributed by atoms with Crippen molar-refractivity contribution in [3.05, 3.63) is 34.1 Å². The van der Waals surface area contributed by atoms with E-state index in [1.165, 1.54) is 12.1 Å². The molecular weight excluding hydrogens is 247 g/mol. The van der Waals surface area contributed by atoms with Gasteiger partial charge < -0.3 is 4.74 Å². The number of hydrogen-bond donors (Lipinski definition) is 0. The largest absolute Gasteiger partial charge is 0.377 e. The molecule has 0 heterocycles. The van der Waals surface area contributed by atoms with Crippen LogP contribution in [0.2, 0.25) is 0 Å². The van der Waals surface area contributed by atoms with Crippen molar-refractivity contribution in [3.63, 3.8) is 0 Å². The Morgan fingerprint density at radius 3 is 2.79 bits per heavy atom. The molecule has 0 aliphatic heterocycles. The summed E-state index contributed by atoms with van der Waals surface area (Å²) in [6, 6.07) is 4.81. The summed E-state index contributed by atoms with van der Waals surface area (Å²) in [5.41, 5.74) is 0.868. The summed E-state index contributed by atoms with van der Waals surface area (Å²) >= 11 is 3.24. The van der Waals surface area contributed by atoms with E-state index in [1.54, 1.807) is 0 Å². The number of hydrogen-bond acceptors (Lipinski definition) is 1. The first kappa shape index (κ1) is 11.7. The third kappa shape index (κ3) is 4.20. The first-order chi connectivity index (χ1) is 6.72. The van der Waals surface area contributed by atoms with E-state index in [-0.39, 0.29) is 5.82 Å². The van der Waals surface area contributed by atoms with Crippen LogP contribution in [-0.2, 0) is 11.3 Å². The van der Waals surface area contributed by atoms with Gasteiger partial charge in [-0.3, -0.25) is 0 Å². The van der Waals surface area contributed by atoms with Crippen molar-refractivity contribution >= 4 is 15.9 Å². The average Bonchev–Trinajstić information content (AvgIpc) is 2.11. The molecule has 14 heavy (non-hydrogen) atoms. The predicted octanol–water partition coefficient (Wildman–Crippen LogP) is 3.90. The van der Waals surface area contributed by atoms with Gasteiger partial charge in [-0.05, 0) is 30.2 Å². The molecule has 1 nitrogen and oxygen atoms in total. The van der Waals surface area contributed by atoms with Crippen LogP contribution in [0.25, 0.3) is 0 Å². The Morgan fingerprint density at radius 1 is 1.36 bits per heavy atom. The molecule has 0 atom stereocenters. The first-order valence-corrected chi connectivity index (χ1v) is 5.54. The lowest BCUT2D eigenvalue weighted by Crippen LogP contribution is -1.95. The van der Waals surface area contributed by atoms with Crippen molar-refractivity contribution in [2.45, 2.75) is 26.4 Å². The van der Waals surface area contributed by atoms with Crippen LogP contribution < -0.4 is 0 Å². The minimum Gasteiger partial charge on any atom is -0.377 e. The molecule has 1 aromatic carbocycles. The first-order valence-electron chi connectivity index (χ1n) is 4.75. The maximum Gasteiger partial charge on any atom is 0.124 e. The molecule has 0 radical (unpaired) electrons. The van der Waals surface area contributed by atoms with Gasteiger partial charge in [0.1, 0.15) is 5.82 Å². The summed E-state index contributed by atoms with van der Waals surface area (Å²) in [7, 11) is 0. The van der Waals surface area contributed by atoms with E-state index in [9.17, 15) is 4.39 Å². The molecule has 0 unspecified atom stereocenters. The van der Waals surface area contributed by atoms with Crippen LogP contribution in [0.1, 0.15) is 25.3 Å². The third-order valence-electron chi connectivity index (χ3n) is 1.83. The van der Waals surface area contributed by atoms with Crippen LogP contribution in [0, 0.1) is 5.82 Å². The summed E-state index contributed by atoms with van der Waals surface area (Å²) in [5.74, 6) is -0.228. The number of unbranched alkanes of at least 4 members (excludes halogenated alkanes) is 1. The highest BCUT2D eigenvalue weighted by atomic mass is 79.9. The van der Waals surface area contributed by atoms with Crippen molar-refractivity contribution in [3.8, 4) is 0 Å². The molecule has 0 aliphatic carbocycles. The van der Waals surface area contributed by atoms with Gasteiger partial charge in [0.15, 0.2) is 0 Å². The van der Waals surface area contributed by atoms with Crippen LogP contribution in [-0.4, -0.2) is 6.61 Å². The Bertz CT molecular complexity index is 268. The van der Waals surface area contributed by atoms with E-state index in [2.05, 4.69) is 22.9 Å². The van der Waals surface area contributed by atoms with Gasteiger partial charge in [-0.25, -0.2) is 4.39 Å². The molecule has 0 N–H and O–H groups in total. The summed E-state index contributed by atoms with van der Waals surface area (Å²) in [6.07, 6.45) is 2.17. The van der Waals surface area contributed by atoms with Crippen LogP contribution in [0.15, 0.2) is 22.7 Å². The Hall–Kier alpha value is -0.410. The normalized spacial score (nSPS) is 10.5. The van der Waals surface area contributed by atoms with Gasteiger partial charge in [0.2, 0.25) is 0 Å². The summed E-state index contributed by atoms with van der Waals surface area (Å²) < 4.78 is 19.1. The molecule has 0 fully saturated rings. The lowest BCUT2D eigenvalue weighted by atomic mass is 10.2. The predicted molar refractivity (Wildman–Crippen MR) is 58.7 cm³/mol. The van der Waals surface area contributed by atoms with E-state index >= 15 is 0 Å². The molecule has 0 saturated heterocycles. The van der Waals surface area contributed by atoms with Gasteiger partial charge in [-0.2, -0.15) is 0 Å². The van der Waals surface area contributed by atoms with Crippen LogP contribution >= 0.6 is 15.9 Å². The monoisotopic (exact) mass is 260 g/mol. The van der Waals surface area contributed by atoms with Gasteiger partial charge in [-0.15, -0.1) is 0 Å². The zero-order chi connectivity index (χ0) is 10.4. The van der Waals surface area contributed by atoms with Gasteiger partial charge in [-0.1, -0.05) is 29.3 Å². The quantitative estimate of drug-likeness (QED) is 0.730. The minimum absolute atomic E-state index is 0.228. The zero-order valence-corrected chi connectivity index (χ0v) is 9.81. The van der Waals surface area contributed by atoms with Gasteiger partial charge >= 0.3 is 0 Å². The van der Waals surface area contributed by atoms with Gasteiger partial charge in [0.05, 0.1) is 6.61 Å². The lowest BCUT2D eigenvalue weighted by molar-refractivity contribution is 0.118. The van der Waals surface area contributed by atoms with Crippen LogP contribution in [0.4, 0.5) is 4.39 Å². The minimum atomic E-state index is -0.228. The number of halogens is 2. The fraction of sp³-hybridized carbons (Fsp3) is 0.455. The number of rotatable bonds is 5. The fourth-order valence-corrected chi connectivity index (χ4v) is 1.64. The van der Waals surface area contributed by atoms with Gasteiger partial charge in [0.25, 0.3) is 0 Å². The van der Waals surface area contributed by atoms with Crippen molar-refractivity contribution < 1.29 is 9.13 Å². The Morgan fingerprint density at radius 2 is 2.14 bits per heavy atom. The molecule has 78 valence electrons. The Labute approximate surface area is 92.4 Å². The van der Waals surface area contributed by atoms with Crippen molar-refractivity contribution in [2.75, 3.05) is 6.61 Å². The maximum absolute atomic E-state index is 12.9. The molecule has 0 aliphatic rings. The molecule has 1 aromatic rings. The van der Waals surface area contributed by atoms with Crippen molar-refractivity contribution in [2.24, 2.45) is 0 Å². The molecule has 1 rings (SSSR count). The van der Waals surface area contributed by atoms with Crippen LogP contribution in [0.3, 0.4) is 0 Å². The highest BCUT2D eigenvalue weighted by Gasteiger charge is 1.98. The second-order valence-corrected chi connectivity index (χ2v) is 4.10. The second-order valence-electron chi connectivity index (χ2n) is 3.18. The number of benzene rings is 1. The van der Waals surface area contributed by atoms with E-state index in [0.29, 0.717) is 6.61 Å². The van der Waals surface area contributed by atoms with E-state index in [4.69, 9.17) is 4.74 Å². The van der Waals surface area contributed by atoms with Crippen LogP contribution in [0.5, 0.6) is 0 Å². The standard InChI is InChI=1S/C11H14BrFO/c1-2-3-4-14-8-9-5-10(12)7-11(13)6-9/h5-7H,2-4,8H2,1H3. The SMILES string of the molecule is CCCCOCc1cc(F)cc(Br)c1. The Balaban J connectivity index is 2.42. The molecule has 0 saturated carbocycles. The molecule has 0 aromatic heterocycles. The second kappa shape index (κ2) is 6.14. The fourth-order valence-electron chi connectivity index (χ4n) is 1.13. The Kier molecular flexibility index (Phi) is 5.12. The highest BCUT2D eigenvalue weighted by Crippen LogP contribution is 2.15. The van der Waals surface area contributed by atoms with E-state index in [1.807, 2.05) is 6.07 Å². The summed E-state index contributed by atoms with van der Waals surface area (Å²) in [5, 5.41) is 0. The summed E-state index contributed by atoms with van der Waals surface area (Å²) in [4.78, 5) is 0. The topological polar surface area (TPSA) is 9.23 Å². The average molecular weight is 261 g/mol. The van der Waals surface area contributed by atoms with Gasteiger partial charge in [0, 0.05) is 11.1 Å². The third-order valence-corrected chi connectivity index (χ3v) is 2.29. The molecule has 0 amide bonds. The molecule has 0 spiro atoms. The van der Waals surface area contributed by atoms with E-state index < -0.39 is 0 Å². The smallest absolute Gasteiger partial charge is 0.124 e. The number of ether oxygens (including phenoxy) is 1. The highest BCUT2D eigenvalue weighted by molar-refractivity contribution is 9.10. The zero-order valence-electron chi connectivity index (χ0n) is 8.22. The maximum atomic E-state index is 12.9. The molecule has 3 heteroatoms. The molecular formula is C11H14BrFO. The molecule has 0 bridgehead atoms. The van der Waals surface area contributed by atoms with Crippen molar-refractivity contribution in [1.29, 1.82) is 0 Å². The lowest BCUT2D eigenvalue weighted by Gasteiger charge is -2.04. The van der Waals surface area contributed by atoms with Crippen molar-refractivity contribution in [1.82, 2.24) is 0 Å². The summed E-state index contributed by atoms with van der Waals surface area (Å²) in [6.45, 7) is 3.34. The van der Waals surface area contributed by atoms with E-state index in [0.717, 1.165) is 29.5 Å².